The molecule has 0 radical (unpaired) electrons. The van der Waals surface area contributed by atoms with Gasteiger partial charge in [0.1, 0.15) is 6.33 Å². The topological polar surface area (TPSA) is 68.1 Å². The molecule has 0 spiro atoms. The summed E-state index contributed by atoms with van der Waals surface area (Å²) in [6, 6.07) is 11.2. The SMILES string of the molecule is O=C(c1cncnc1)N1C[C@@H]2C[C@@H](C1)c1c(-c3ccc(Cl)cc3)ccc(=O)n1C2. The molecule has 0 aliphatic carbocycles. The van der Waals surface area contributed by atoms with Gasteiger partial charge < -0.3 is 9.47 Å². The monoisotopic (exact) mass is 406 g/mol. The highest BCUT2D eigenvalue weighted by molar-refractivity contribution is 6.30. The first-order chi connectivity index (χ1) is 14.1. The zero-order chi connectivity index (χ0) is 20.0. The number of aromatic nitrogens is 3. The second-order valence-electron chi connectivity index (χ2n) is 7.72. The van der Waals surface area contributed by atoms with Gasteiger partial charge in [-0.15, -0.1) is 0 Å². The second kappa shape index (κ2) is 7.12. The Labute approximate surface area is 172 Å². The predicted molar refractivity (Wildman–Crippen MR) is 110 cm³/mol. The lowest BCUT2D eigenvalue weighted by Crippen LogP contribution is -2.49. The number of likely N-dealkylation sites (tertiary alicyclic amines) is 1. The zero-order valence-electron chi connectivity index (χ0n) is 15.7. The Hall–Kier alpha value is -2.99. The number of piperidine rings is 1. The van der Waals surface area contributed by atoms with Crippen LogP contribution < -0.4 is 5.56 Å². The number of nitrogens with zero attached hydrogens (tertiary/aromatic N) is 4. The van der Waals surface area contributed by atoms with Crippen molar-refractivity contribution in [3.05, 3.63) is 81.8 Å². The lowest BCUT2D eigenvalue weighted by Gasteiger charge is -2.43. The molecule has 2 aliphatic heterocycles. The maximum Gasteiger partial charge on any atom is 0.257 e. The molecule has 4 heterocycles. The predicted octanol–water partition coefficient (Wildman–Crippen LogP) is 3.22. The highest BCUT2D eigenvalue weighted by atomic mass is 35.5. The van der Waals surface area contributed by atoms with Crippen LogP contribution in [-0.2, 0) is 6.54 Å². The molecule has 146 valence electrons. The molecule has 7 heteroatoms. The minimum absolute atomic E-state index is 0.0173. The first kappa shape index (κ1) is 18.1. The summed E-state index contributed by atoms with van der Waals surface area (Å²) in [6.07, 6.45) is 5.50. The fraction of sp³-hybridized carbons (Fsp3) is 0.273. The van der Waals surface area contributed by atoms with Gasteiger partial charge in [-0.2, -0.15) is 0 Å². The van der Waals surface area contributed by atoms with E-state index in [1.807, 2.05) is 39.8 Å². The summed E-state index contributed by atoms with van der Waals surface area (Å²) < 4.78 is 1.90. The molecular weight excluding hydrogens is 388 g/mol. The molecule has 2 aromatic heterocycles. The Balaban J connectivity index is 1.55. The van der Waals surface area contributed by atoms with E-state index in [4.69, 9.17) is 11.6 Å². The van der Waals surface area contributed by atoms with Crippen molar-refractivity contribution in [2.75, 3.05) is 13.1 Å². The van der Waals surface area contributed by atoms with Crippen molar-refractivity contribution in [1.29, 1.82) is 0 Å². The second-order valence-corrected chi connectivity index (χ2v) is 8.16. The van der Waals surface area contributed by atoms with Gasteiger partial charge in [-0.1, -0.05) is 23.7 Å². The average Bonchev–Trinajstić information content (AvgIpc) is 2.75. The minimum atomic E-state index is -0.0555. The van der Waals surface area contributed by atoms with Crippen LogP contribution in [0.3, 0.4) is 0 Å². The maximum atomic E-state index is 13.0. The molecule has 2 atom stereocenters. The third kappa shape index (κ3) is 3.23. The Bertz CT molecular complexity index is 1130. The number of benzene rings is 1. The number of carbonyl (C=O) groups excluding carboxylic acids is 1. The van der Waals surface area contributed by atoms with E-state index < -0.39 is 0 Å². The Kier molecular flexibility index (Phi) is 4.43. The molecule has 1 amide bonds. The van der Waals surface area contributed by atoms with E-state index in [1.165, 1.54) is 6.33 Å². The minimum Gasteiger partial charge on any atom is -0.338 e. The van der Waals surface area contributed by atoms with Gasteiger partial charge in [0, 0.05) is 60.3 Å². The van der Waals surface area contributed by atoms with E-state index in [1.54, 1.807) is 18.5 Å². The highest BCUT2D eigenvalue weighted by Gasteiger charge is 2.38. The quantitative estimate of drug-likeness (QED) is 0.655. The van der Waals surface area contributed by atoms with Crippen LogP contribution >= 0.6 is 11.6 Å². The van der Waals surface area contributed by atoms with Gasteiger partial charge in [0.05, 0.1) is 5.56 Å². The molecule has 5 rings (SSSR count). The maximum absolute atomic E-state index is 13.0. The normalized spacial score (nSPS) is 20.2. The third-order valence-corrected chi connectivity index (χ3v) is 6.09. The molecule has 3 aromatic rings. The van der Waals surface area contributed by atoms with Crippen LogP contribution in [0.1, 0.15) is 28.4 Å². The first-order valence-electron chi connectivity index (χ1n) is 9.64. The Morgan fingerprint density at radius 3 is 2.52 bits per heavy atom. The summed E-state index contributed by atoms with van der Waals surface area (Å²) in [6.45, 7) is 1.84. The van der Waals surface area contributed by atoms with Gasteiger partial charge in [0.15, 0.2) is 0 Å². The number of halogens is 1. The Morgan fingerprint density at radius 1 is 1.00 bits per heavy atom. The number of rotatable bonds is 2. The smallest absolute Gasteiger partial charge is 0.257 e. The van der Waals surface area contributed by atoms with E-state index in [0.29, 0.717) is 30.2 Å². The van der Waals surface area contributed by atoms with Crippen LogP contribution in [0.25, 0.3) is 11.1 Å². The van der Waals surface area contributed by atoms with Gasteiger partial charge in [0.25, 0.3) is 11.5 Å². The lowest BCUT2D eigenvalue weighted by molar-refractivity contribution is 0.0594. The molecule has 2 aliphatic rings. The van der Waals surface area contributed by atoms with E-state index in [0.717, 1.165) is 23.2 Å². The van der Waals surface area contributed by atoms with Crippen LogP contribution in [0.2, 0.25) is 5.02 Å². The fourth-order valence-corrected chi connectivity index (χ4v) is 4.77. The zero-order valence-corrected chi connectivity index (χ0v) is 16.4. The molecule has 1 saturated heterocycles. The van der Waals surface area contributed by atoms with E-state index in [9.17, 15) is 9.59 Å². The molecule has 1 aromatic carbocycles. The van der Waals surface area contributed by atoms with Crippen molar-refractivity contribution in [3.8, 4) is 11.1 Å². The van der Waals surface area contributed by atoms with E-state index in [-0.39, 0.29) is 23.3 Å². The van der Waals surface area contributed by atoms with Crippen molar-refractivity contribution in [3.63, 3.8) is 0 Å². The average molecular weight is 407 g/mol. The number of carbonyl (C=O) groups is 1. The summed E-state index contributed by atoms with van der Waals surface area (Å²) >= 11 is 6.05. The number of amides is 1. The van der Waals surface area contributed by atoms with E-state index in [2.05, 4.69) is 9.97 Å². The van der Waals surface area contributed by atoms with Crippen molar-refractivity contribution in [2.45, 2.75) is 18.9 Å². The van der Waals surface area contributed by atoms with Crippen LogP contribution in [0, 0.1) is 5.92 Å². The lowest BCUT2D eigenvalue weighted by atomic mass is 9.80. The number of hydrogen-bond acceptors (Lipinski definition) is 4. The molecule has 0 unspecified atom stereocenters. The molecule has 1 fully saturated rings. The van der Waals surface area contributed by atoms with Crippen LogP contribution in [0.5, 0.6) is 0 Å². The summed E-state index contributed by atoms with van der Waals surface area (Å²) in [5, 5.41) is 0.676. The van der Waals surface area contributed by atoms with Gasteiger partial charge >= 0.3 is 0 Å². The van der Waals surface area contributed by atoms with Crippen molar-refractivity contribution in [2.24, 2.45) is 5.92 Å². The van der Waals surface area contributed by atoms with Gasteiger partial charge in [-0.3, -0.25) is 9.59 Å². The largest absolute Gasteiger partial charge is 0.338 e. The molecule has 6 nitrogen and oxygen atoms in total. The summed E-state index contributed by atoms with van der Waals surface area (Å²) in [7, 11) is 0. The van der Waals surface area contributed by atoms with Crippen LogP contribution in [0.15, 0.2) is 59.9 Å². The summed E-state index contributed by atoms with van der Waals surface area (Å²) in [5.41, 5.74) is 3.58. The van der Waals surface area contributed by atoms with Gasteiger partial charge in [-0.05, 0) is 36.1 Å². The van der Waals surface area contributed by atoms with Gasteiger partial charge in [0.2, 0.25) is 0 Å². The number of hydrogen-bond donors (Lipinski definition) is 0. The van der Waals surface area contributed by atoms with Crippen molar-refractivity contribution in [1.82, 2.24) is 19.4 Å². The highest BCUT2D eigenvalue weighted by Crippen LogP contribution is 2.40. The fourth-order valence-electron chi connectivity index (χ4n) is 4.65. The standard InChI is InChI=1S/C22H19ClN4O2/c23-18-3-1-15(2-4-18)19-5-6-20(28)27-11-14-7-16(21(19)27)12-26(10-14)22(29)17-8-24-13-25-9-17/h1-6,8-9,13-14,16H,7,10-12H2/t14-,16-/m0/s1. The van der Waals surface area contributed by atoms with Crippen molar-refractivity contribution >= 4 is 17.5 Å². The molecular formula is C22H19ClN4O2. The van der Waals surface area contributed by atoms with Crippen LogP contribution in [0.4, 0.5) is 0 Å². The van der Waals surface area contributed by atoms with E-state index >= 15 is 0 Å². The molecule has 29 heavy (non-hydrogen) atoms. The third-order valence-electron chi connectivity index (χ3n) is 5.84. The number of fused-ring (bicyclic) bond motifs is 4. The Morgan fingerprint density at radius 2 is 1.76 bits per heavy atom. The van der Waals surface area contributed by atoms with Crippen LogP contribution in [-0.4, -0.2) is 38.4 Å². The number of pyridine rings is 1. The van der Waals surface area contributed by atoms with Gasteiger partial charge in [-0.25, -0.2) is 9.97 Å². The van der Waals surface area contributed by atoms with Crippen molar-refractivity contribution < 1.29 is 4.79 Å². The molecule has 0 N–H and O–H groups in total. The molecule has 2 bridgehead atoms. The summed E-state index contributed by atoms with van der Waals surface area (Å²) in [5.74, 6) is 0.309. The summed E-state index contributed by atoms with van der Waals surface area (Å²) in [4.78, 5) is 35.4. The molecule has 0 saturated carbocycles. The first-order valence-corrected chi connectivity index (χ1v) is 10.0.